The summed E-state index contributed by atoms with van der Waals surface area (Å²) in [6.07, 6.45) is 5.22. The summed E-state index contributed by atoms with van der Waals surface area (Å²) in [5.41, 5.74) is 3.84. The van der Waals surface area contributed by atoms with Gasteiger partial charge in [-0.1, -0.05) is 18.6 Å². The summed E-state index contributed by atoms with van der Waals surface area (Å²) in [6.45, 7) is 5.21. The Morgan fingerprint density at radius 3 is 2.79 bits per heavy atom. The highest BCUT2D eigenvalue weighted by molar-refractivity contribution is 5.54. The van der Waals surface area contributed by atoms with Crippen molar-refractivity contribution in [2.24, 2.45) is 7.05 Å². The summed E-state index contributed by atoms with van der Waals surface area (Å²) in [5, 5.41) is 7.39. The van der Waals surface area contributed by atoms with E-state index in [1.807, 2.05) is 25.0 Å². The maximum Gasteiger partial charge on any atom is 0.0564 e. The molecular weight excluding hydrogens is 174 g/mol. The van der Waals surface area contributed by atoms with Crippen LogP contribution in [0.3, 0.4) is 0 Å². The monoisotopic (exact) mass is 193 g/mol. The lowest BCUT2D eigenvalue weighted by Crippen LogP contribution is -2.09. The van der Waals surface area contributed by atoms with Gasteiger partial charge in [0.1, 0.15) is 0 Å². The van der Waals surface area contributed by atoms with Gasteiger partial charge in [-0.05, 0) is 20.4 Å². The van der Waals surface area contributed by atoms with Crippen LogP contribution in [0, 0.1) is 6.92 Å². The molecule has 14 heavy (non-hydrogen) atoms. The van der Waals surface area contributed by atoms with Crippen LogP contribution in [0.4, 0.5) is 0 Å². The minimum atomic E-state index is 0.949. The largest absolute Gasteiger partial charge is 0.316 e. The highest BCUT2D eigenvalue weighted by Crippen LogP contribution is 2.12. The molecule has 0 aliphatic carbocycles. The van der Waals surface area contributed by atoms with Crippen LogP contribution < -0.4 is 5.32 Å². The van der Waals surface area contributed by atoms with Crippen LogP contribution in [-0.2, 0) is 7.05 Å². The van der Waals surface area contributed by atoms with E-state index in [9.17, 15) is 0 Å². The van der Waals surface area contributed by atoms with Crippen molar-refractivity contribution in [3.63, 3.8) is 0 Å². The maximum atomic E-state index is 4.22. The second-order valence-corrected chi connectivity index (χ2v) is 3.50. The van der Waals surface area contributed by atoms with Gasteiger partial charge < -0.3 is 5.32 Å². The van der Waals surface area contributed by atoms with Gasteiger partial charge in [-0.15, -0.1) is 0 Å². The highest BCUT2D eigenvalue weighted by atomic mass is 15.3. The molecule has 0 aliphatic rings. The van der Waals surface area contributed by atoms with Gasteiger partial charge in [-0.25, -0.2) is 0 Å². The van der Waals surface area contributed by atoms with E-state index in [0.717, 1.165) is 13.0 Å². The normalized spacial score (nSPS) is 12.1. The van der Waals surface area contributed by atoms with Gasteiger partial charge in [-0.2, -0.15) is 5.10 Å². The topological polar surface area (TPSA) is 29.9 Å². The lowest BCUT2D eigenvalue weighted by atomic mass is 10.1. The summed E-state index contributed by atoms with van der Waals surface area (Å²) >= 11 is 0. The zero-order chi connectivity index (χ0) is 10.6. The third-order valence-electron chi connectivity index (χ3n) is 2.49. The van der Waals surface area contributed by atoms with Crippen molar-refractivity contribution in [1.82, 2.24) is 15.1 Å². The fraction of sp³-hybridized carbons (Fsp3) is 0.545. The van der Waals surface area contributed by atoms with Crippen molar-refractivity contribution in [3.05, 3.63) is 23.0 Å². The Balaban J connectivity index is 2.88. The first-order valence-electron chi connectivity index (χ1n) is 5.01. The molecule has 3 nitrogen and oxygen atoms in total. The van der Waals surface area contributed by atoms with Crippen LogP contribution in [0.1, 0.15) is 24.6 Å². The van der Waals surface area contributed by atoms with E-state index in [0.29, 0.717) is 0 Å². The quantitative estimate of drug-likeness (QED) is 0.789. The van der Waals surface area contributed by atoms with E-state index in [2.05, 4.69) is 30.3 Å². The van der Waals surface area contributed by atoms with Crippen LogP contribution in [0.25, 0.3) is 6.08 Å². The van der Waals surface area contributed by atoms with Crippen molar-refractivity contribution < 1.29 is 0 Å². The summed E-state index contributed by atoms with van der Waals surface area (Å²) in [5.74, 6) is 0. The van der Waals surface area contributed by atoms with Crippen LogP contribution in [0.15, 0.2) is 11.8 Å². The van der Waals surface area contributed by atoms with Crippen molar-refractivity contribution in [2.75, 3.05) is 13.6 Å². The molecule has 3 heteroatoms. The second kappa shape index (κ2) is 4.96. The second-order valence-electron chi connectivity index (χ2n) is 3.50. The fourth-order valence-electron chi connectivity index (χ4n) is 1.38. The van der Waals surface area contributed by atoms with Crippen molar-refractivity contribution in [1.29, 1.82) is 0 Å². The third-order valence-corrected chi connectivity index (χ3v) is 2.49. The molecule has 1 aromatic heterocycles. The number of hydrogen-bond donors (Lipinski definition) is 1. The Labute approximate surface area is 85.8 Å². The van der Waals surface area contributed by atoms with E-state index in [-0.39, 0.29) is 0 Å². The van der Waals surface area contributed by atoms with E-state index in [1.54, 1.807) is 0 Å². The van der Waals surface area contributed by atoms with Gasteiger partial charge in [0.25, 0.3) is 0 Å². The SMILES string of the molecule is CCC(=Cc1cnn(C)c1C)CNC. The zero-order valence-electron chi connectivity index (χ0n) is 9.46. The van der Waals surface area contributed by atoms with E-state index in [4.69, 9.17) is 0 Å². The molecule has 0 saturated carbocycles. The Kier molecular flexibility index (Phi) is 3.89. The molecule has 0 aromatic carbocycles. The number of aromatic nitrogens is 2. The predicted molar refractivity (Wildman–Crippen MR) is 60.1 cm³/mol. The zero-order valence-corrected chi connectivity index (χ0v) is 9.46. The van der Waals surface area contributed by atoms with E-state index >= 15 is 0 Å². The molecule has 1 rings (SSSR count). The first-order valence-corrected chi connectivity index (χ1v) is 5.01. The molecule has 0 radical (unpaired) electrons. The molecule has 0 atom stereocenters. The molecule has 0 saturated heterocycles. The van der Waals surface area contributed by atoms with Gasteiger partial charge >= 0.3 is 0 Å². The van der Waals surface area contributed by atoms with Crippen LogP contribution >= 0.6 is 0 Å². The van der Waals surface area contributed by atoms with Crippen molar-refractivity contribution in [2.45, 2.75) is 20.3 Å². The molecule has 0 unspecified atom stereocenters. The highest BCUT2D eigenvalue weighted by Gasteiger charge is 2.01. The molecule has 1 N–H and O–H groups in total. The number of aryl methyl sites for hydroxylation is 1. The van der Waals surface area contributed by atoms with Crippen molar-refractivity contribution >= 4 is 6.08 Å². The molecule has 0 bridgehead atoms. The molecule has 1 aromatic rings. The number of nitrogens with zero attached hydrogens (tertiary/aromatic N) is 2. The number of rotatable bonds is 4. The molecule has 0 aliphatic heterocycles. The number of hydrogen-bond acceptors (Lipinski definition) is 2. The summed E-state index contributed by atoms with van der Waals surface area (Å²) in [7, 11) is 3.94. The molecule has 0 amide bonds. The molecule has 78 valence electrons. The summed E-state index contributed by atoms with van der Waals surface area (Å²) in [6, 6.07) is 0. The van der Waals surface area contributed by atoms with Gasteiger partial charge in [0, 0.05) is 24.8 Å². The van der Waals surface area contributed by atoms with Crippen LogP contribution in [0.2, 0.25) is 0 Å². The number of nitrogens with one attached hydrogen (secondary N) is 1. The van der Waals surface area contributed by atoms with E-state index in [1.165, 1.54) is 16.8 Å². The van der Waals surface area contributed by atoms with Gasteiger partial charge in [0.05, 0.1) is 6.20 Å². The lowest BCUT2D eigenvalue weighted by Gasteiger charge is -2.03. The third kappa shape index (κ3) is 2.45. The first-order chi connectivity index (χ1) is 6.69. The summed E-state index contributed by atoms with van der Waals surface area (Å²) in [4.78, 5) is 0. The average Bonchev–Trinajstić information content (AvgIpc) is 2.49. The average molecular weight is 193 g/mol. The van der Waals surface area contributed by atoms with Gasteiger partial charge in [-0.3, -0.25) is 4.68 Å². The van der Waals surface area contributed by atoms with Gasteiger partial charge in [0.15, 0.2) is 0 Å². The van der Waals surface area contributed by atoms with Crippen molar-refractivity contribution in [3.8, 4) is 0 Å². The van der Waals surface area contributed by atoms with Crippen LogP contribution in [-0.4, -0.2) is 23.4 Å². The molecular formula is C11H19N3. The Bertz CT molecular complexity index is 323. The molecule has 0 spiro atoms. The molecule has 1 heterocycles. The Morgan fingerprint density at radius 1 is 1.64 bits per heavy atom. The first kappa shape index (κ1) is 11.0. The van der Waals surface area contributed by atoms with Gasteiger partial charge in [0.2, 0.25) is 0 Å². The Hall–Kier alpha value is -1.09. The maximum absolute atomic E-state index is 4.22. The predicted octanol–water partition coefficient (Wildman–Crippen LogP) is 1.74. The lowest BCUT2D eigenvalue weighted by molar-refractivity contribution is 0.740. The minimum absolute atomic E-state index is 0.949. The smallest absolute Gasteiger partial charge is 0.0564 e. The molecule has 0 fully saturated rings. The Morgan fingerprint density at radius 2 is 2.36 bits per heavy atom. The number of likely N-dealkylation sites (N-methyl/N-ethyl adjacent to an activating group) is 1. The summed E-state index contributed by atoms with van der Waals surface area (Å²) < 4.78 is 1.90. The van der Waals surface area contributed by atoms with Crippen LogP contribution in [0.5, 0.6) is 0 Å². The van der Waals surface area contributed by atoms with E-state index < -0.39 is 0 Å². The minimum Gasteiger partial charge on any atom is -0.316 e. The standard InChI is InChI=1S/C11H19N3/c1-5-10(7-12-3)6-11-8-13-14(4)9(11)2/h6,8,12H,5,7H2,1-4H3. The fourth-order valence-corrected chi connectivity index (χ4v) is 1.38.